The molecule has 3 rings (SSSR count). The molecule has 7 heteroatoms. The number of rotatable bonds is 5. The summed E-state index contributed by atoms with van der Waals surface area (Å²) in [6, 6.07) is 5.83. The van der Waals surface area contributed by atoms with Crippen molar-refractivity contribution in [3.63, 3.8) is 0 Å². The first-order valence-electron chi connectivity index (χ1n) is 8.56. The molecular formula is C18H24N6O. The Kier molecular flexibility index (Phi) is 5.23. The van der Waals surface area contributed by atoms with Crippen LogP contribution in [-0.4, -0.2) is 45.4 Å². The normalized spacial score (nSPS) is 18.1. The van der Waals surface area contributed by atoms with Gasteiger partial charge in [-0.1, -0.05) is 6.07 Å². The minimum absolute atomic E-state index is 0.207. The monoisotopic (exact) mass is 340 g/mol. The molecule has 1 amide bonds. The molecule has 1 fully saturated rings. The summed E-state index contributed by atoms with van der Waals surface area (Å²) in [5, 5.41) is 3.29. The average molecular weight is 340 g/mol. The number of carbonyl (C=O) groups excluding carboxylic acids is 1. The summed E-state index contributed by atoms with van der Waals surface area (Å²) >= 11 is 0. The first-order valence-corrected chi connectivity index (χ1v) is 8.56. The molecule has 2 aromatic heterocycles. The lowest BCUT2D eigenvalue weighted by molar-refractivity contribution is -0.119. The van der Waals surface area contributed by atoms with E-state index in [2.05, 4.69) is 20.2 Å². The zero-order chi connectivity index (χ0) is 17.8. The average Bonchev–Trinajstić information content (AvgIpc) is 2.56. The van der Waals surface area contributed by atoms with Crippen molar-refractivity contribution in [3.8, 4) is 0 Å². The Morgan fingerprint density at radius 3 is 3.00 bits per heavy atom. The Balaban J connectivity index is 1.79. The molecule has 132 valence electrons. The third kappa shape index (κ3) is 4.51. The van der Waals surface area contributed by atoms with Crippen LogP contribution in [0.1, 0.15) is 35.8 Å². The largest absolute Gasteiger partial charge is 0.369 e. The summed E-state index contributed by atoms with van der Waals surface area (Å²) in [7, 11) is 0. The zero-order valence-electron chi connectivity index (χ0n) is 14.7. The number of aryl methyl sites for hydroxylation is 2. The van der Waals surface area contributed by atoms with Crippen LogP contribution in [0.25, 0.3) is 0 Å². The fraction of sp³-hybridized carbons (Fsp3) is 0.444. The van der Waals surface area contributed by atoms with E-state index in [-0.39, 0.29) is 11.8 Å². The lowest BCUT2D eigenvalue weighted by Crippen LogP contribution is -2.40. The van der Waals surface area contributed by atoms with Crippen molar-refractivity contribution in [1.29, 1.82) is 0 Å². The number of nitrogens with two attached hydrogens (primary N) is 1. The summed E-state index contributed by atoms with van der Waals surface area (Å²) in [6.07, 6.45) is 3.78. The maximum atomic E-state index is 11.2. The van der Waals surface area contributed by atoms with Gasteiger partial charge in [-0.15, -0.1) is 0 Å². The highest BCUT2D eigenvalue weighted by molar-refractivity contribution is 5.75. The Hall–Kier alpha value is -2.54. The van der Waals surface area contributed by atoms with E-state index >= 15 is 0 Å². The van der Waals surface area contributed by atoms with Crippen molar-refractivity contribution in [2.75, 3.05) is 25.0 Å². The molecule has 0 aliphatic carbocycles. The number of aromatic nitrogens is 3. The van der Waals surface area contributed by atoms with Gasteiger partial charge in [-0.3, -0.25) is 9.69 Å². The smallest absolute Gasteiger partial charge is 0.231 e. The quantitative estimate of drug-likeness (QED) is 0.863. The van der Waals surface area contributed by atoms with Crippen molar-refractivity contribution in [2.24, 2.45) is 5.73 Å². The number of pyridine rings is 1. The molecule has 3 heterocycles. The van der Waals surface area contributed by atoms with Crippen LogP contribution in [0, 0.1) is 13.8 Å². The molecule has 1 saturated heterocycles. The van der Waals surface area contributed by atoms with Gasteiger partial charge in [-0.2, -0.15) is 0 Å². The number of piperidine rings is 1. The van der Waals surface area contributed by atoms with Crippen molar-refractivity contribution >= 4 is 17.5 Å². The van der Waals surface area contributed by atoms with Crippen molar-refractivity contribution in [1.82, 2.24) is 19.9 Å². The minimum Gasteiger partial charge on any atom is -0.369 e. The fourth-order valence-electron chi connectivity index (χ4n) is 3.21. The number of likely N-dealkylation sites (tertiary alicyclic amines) is 1. The van der Waals surface area contributed by atoms with Crippen LogP contribution in [-0.2, 0) is 4.79 Å². The molecule has 0 bridgehead atoms. The van der Waals surface area contributed by atoms with Gasteiger partial charge >= 0.3 is 0 Å². The number of nitrogens with zero attached hydrogens (tertiary/aromatic N) is 4. The molecule has 0 aromatic carbocycles. The molecule has 0 saturated carbocycles. The highest BCUT2D eigenvalue weighted by Crippen LogP contribution is 2.26. The van der Waals surface area contributed by atoms with E-state index in [4.69, 9.17) is 10.7 Å². The van der Waals surface area contributed by atoms with Crippen molar-refractivity contribution < 1.29 is 4.79 Å². The standard InChI is InChI=1S/C18H24N6O/c1-12-5-3-7-20-17(12)22-16-9-13(2)21-18(23-16)14-6-4-8-24(10-14)11-15(19)25/h3,5,7,9,14H,4,6,8,10-11H2,1-2H3,(H2,19,25)(H,20,21,22,23)/t14-/m0/s1. The van der Waals surface area contributed by atoms with Gasteiger partial charge in [-0.25, -0.2) is 15.0 Å². The van der Waals surface area contributed by atoms with Crippen LogP contribution >= 0.6 is 0 Å². The van der Waals surface area contributed by atoms with E-state index in [0.29, 0.717) is 6.54 Å². The molecule has 7 nitrogen and oxygen atoms in total. The maximum Gasteiger partial charge on any atom is 0.231 e. The molecule has 0 spiro atoms. The van der Waals surface area contributed by atoms with Gasteiger partial charge in [0.2, 0.25) is 5.91 Å². The number of carbonyl (C=O) groups is 1. The van der Waals surface area contributed by atoms with Gasteiger partial charge < -0.3 is 11.1 Å². The van der Waals surface area contributed by atoms with Crippen LogP contribution in [0.3, 0.4) is 0 Å². The molecule has 25 heavy (non-hydrogen) atoms. The third-order valence-corrected chi connectivity index (χ3v) is 4.38. The molecule has 0 radical (unpaired) electrons. The van der Waals surface area contributed by atoms with Crippen LogP contribution in [0.15, 0.2) is 24.4 Å². The second-order valence-electron chi connectivity index (χ2n) is 6.59. The lowest BCUT2D eigenvalue weighted by Gasteiger charge is -2.31. The van der Waals surface area contributed by atoms with Crippen LogP contribution in [0.4, 0.5) is 11.6 Å². The van der Waals surface area contributed by atoms with Crippen LogP contribution < -0.4 is 11.1 Å². The Bertz CT molecular complexity index is 763. The Morgan fingerprint density at radius 1 is 1.40 bits per heavy atom. The molecular weight excluding hydrogens is 316 g/mol. The number of hydrogen-bond acceptors (Lipinski definition) is 6. The summed E-state index contributed by atoms with van der Waals surface area (Å²) in [5.41, 5.74) is 7.30. The van der Waals surface area contributed by atoms with Gasteiger partial charge in [0, 0.05) is 30.4 Å². The first-order chi connectivity index (χ1) is 12.0. The van der Waals surface area contributed by atoms with Gasteiger partial charge in [0.25, 0.3) is 0 Å². The molecule has 3 N–H and O–H groups in total. The predicted octanol–water partition coefficient (Wildman–Crippen LogP) is 1.90. The van der Waals surface area contributed by atoms with E-state index in [1.807, 2.05) is 32.0 Å². The maximum absolute atomic E-state index is 11.2. The molecule has 2 aromatic rings. The van der Waals surface area contributed by atoms with E-state index in [0.717, 1.165) is 54.6 Å². The topological polar surface area (TPSA) is 97.0 Å². The van der Waals surface area contributed by atoms with Gasteiger partial charge in [0.05, 0.1) is 6.54 Å². The second-order valence-corrected chi connectivity index (χ2v) is 6.59. The predicted molar refractivity (Wildman–Crippen MR) is 96.6 cm³/mol. The number of nitrogens with one attached hydrogen (secondary N) is 1. The summed E-state index contributed by atoms with van der Waals surface area (Å²) in [6.45, 7) is 5.91. The van der Waals surface area contributed by atoms with Gasteiger partial charge in [0.1, 0.15) is 17.5 Å². The van der Waals surface area contributed by atoms with Gasteiger partial charge in [-0.05, 0) is 44.9 Å². The van der Waals surface area contributed by atoms with E-state index < -0.39 is 0 Å². The number of anilines is 2. The van der Waals surface area contributed by atoms with E-state index in [1.165, 1.54) is 0 Å². The summed E-state index contributed by atoms with van der Waals surface area (Å²) in [4.78, 5) is 26.9. The minimum atomic E-state index is -0.293. The van der Waals surface area contributed by atoms with Crippen molar-refractivity contribution in [2.45, 2.75) is 32.6 Å². The second kappa shape index (κ2) is 7.57. The number of hydrogen-bond donors (Lipinski definition) is 2. The Morgan fingerprint density at radius 2 is 2.24 bits per heavy atom. The highest BCUT2D eigenvalue weighted by Gasteiger charge is 2.24. The molecule has 1 aliphatic heterocycles. The molecule has 1 atom stereocenters. The van der Waals surface area contributed by atoms with Crippen molar-refractivity contribution in [3.05, 3.63) is 41.5 Å². The first kappa shape index (κ1) is 17.3. The SMILES string of the molecule is Cc1cc(Nc2ncccc2C)nc([C@H]2CCCN(CC(N)=O)C2)n1. The summed E-state index contributed by atoms with van der Waals surface area (Å²) in [5.74, 6) is 2.27. The molecule has 0 unspecified atom stereocenters. The number of primary amides is 1. The number of amides is 1. The zero-order valence-corrected chi connectivity index (χ0v) is 14.7. The summed E-state index contributed by atoms with van der Waals surface area (Å²) < 4.78 is 0. The van der Waals surface area contributed by atoms with Crippen LogP contribution in [0.2, 0.25) is 0 Å². The molecule has 1 aliphatic rings. The van der Waals surface area contributed by atoms with E-state index in [9.17, 15) is 4.79 Å². The Labute approximate surface area is 147 Å². The highest BCUT2D eigenvalue weighted by atomic mass is 16.1. The fourth-order valence-corrected chi connectivity index (χ4v) is 3.21. The van der Waals surface area contributed by atoms with E-state index in [1.54, 1.807) is 6.20 Å². The third-order valence-electron chi connectivity index (χ3n) is 4.38. The lowest BCUT2D eigenvalue weighted by atomic mass is 9.97. The van der Waals surface area contributed by atoms with Gasteiger partial charge in [0.15, 0.2) is 0 Å². The van der Waals surface area contributed by atoms with Crippen LogP contribution in [0.5, 0.6) is 0 Å².